The number of allylic oxidation sites excluding steroid dienone is 1. The summed E-state index contributed by atoms with van der Waals surface area (Å²) in [7, 11) is 0. The molecule has 2 atom stereocenters. The second-order valence-electron chi connectivity index (χ2n) is 8.90. The summed E-state index contributed by atoms with van der Waals surface area (Å²) in [6, 6.07) is 14.2. The van der Waals surface area contributed by atoms with E-state index in [9.17, 15) is 19.5 Å². The maximum atomic E-state index is 12.9. The second-order valence-corrected chi connectivity index (χ2v) is 8.90. The van der Waals surface area contributed by atoms with E-state index in [1.807, 2.05) is 36.4 Å². The molecule has 34 heavy (non-hydrogen) atoms. The quantitative estimate of drug-likeness (QED) is 0.459. The van der Waals surface area contributed by atoms with E-state index in [2.05, 4.69) is 29.3 Å². The van der Waals surface area contributed by atoms with E-state index in [0.717, 1.165) is 41.5 Å². The fraction of sp³-hybridized carbons (Fsp3) is 0.370. The van der Waals surface area contributed by atoms with E-state index in [1.165, 1.54) is 0 Å². The summed E-state index contributed by atoms with van der Waals surface area (Å²) in [5.41, 5.74) is 4.46. The molecule has 4 rings (SSSR count). The Kier molecular flexibility index (Phi) is 7.30. The number of carboxylic acid groups (broad SMARTS) is 1. The van der Waals surface area contributed by atoms with Crippen LogP contribution in [0.5, 0.6) is 0 Å². The first-order valence-electron chi connectivity index (χ1n) is 11.7. The van der Waals surface area contributed by atoms with Gasteiger partial charge in [-0.15, -0.1) is 6.58 Å². The third-order valence-corrected chi connectivity index (χ3v) is 6.80. The van der Waals surface area contributed by atoms with Crippen LogP contribution in [0, 0.1) is 5.92 Å². The Morgan fingerprint density at radius 1 is 1.03 bits per heavy atom. The van der Waals surface area contributed by atoms with Gasteiger partial charge >= 0.3 is 12.1 Å². The second kappa shape index (κ2) is 10.5. The van der Waals surface area contributed by atoms with Crippen LogP contribution in [0.2, 0.25) is 0 Å². The summed E-state index contributed by atoms with van der Waals surface area (Å²) in [5, 5.41) is 14.8. The van der Waals surface area contributed by atoms with Crippen molar-refractivity contribution in [2.75, 3.05) is 6.61 Å². The highest BCUT2D eigenvalue weighted by atomic mass is 16.5. The largest absolute Gasteiger partial charge is 0.480 e. The molecule has 178 valence electrons. The number of rotatable bonds is 10. The maximum Gasteiger partial charge on any atom is 0.407 e. The molecule has 0 radical (unpaired) electrons. The molecule has 0 aliphatic heterocycles. The highest BCUT2D eigenvalue weighted by molar-refractivity contribution is 5.89. The molecule has 7 nitrogen and oxygen atoms in total. The molecule has 0 aromatic heterocycles. The normalized spacial score (nSPS) is 16.4. The molecule has 3 N–H and O–H groups in total. The van der Waals surface area contributed by atoms with Crippen molar-refractivity contribution in [1.29, 1.82) is 0 Å². The average molecular weight is 463 g/mol. The van der Waals surface area contributed by atoms with E-state index in [-0.39, 0.29) is 18.4 Å². The van der Waals surface area contributed by atoms with Gasteiger partial charge in [0.2, 0.25) is 5.91 Å². The van der Waals surface area contributed by atoms with E-state index in [4.69, 9.17) is 4.74 Å². The van der Waals surface area contributed by atoms with Crippen molar-refractivity contribution >= 4 is 18.0 Å². The Balaban J connectivity index is 1.40. The minimum Gasteiger partial charge on any atom is -0.480 e. The Morgan fingerprint density at radius 3 is 2.18 bits per heavy atom. The van der Waals surface area contributed by atoms with Crippen molar-refractivity contribution in [3.05, 3.63) is 72.3 Å². The molecule has 2 aromatic rings. The van der Waals surface area contributed by atoms with Crippen LogP contribution >= 0.6 is 0 Å². The maximum absolute atomic E-state index is 12.9. The van der Waals surface area contributed by atoms with Crippen LogP contribution in [0.15, 0.2) is 61.2 Å². The van der Waals surface area contributed by atoms with Gasteiger partial charge < -0.3 is 20.5 Å². The Bertz CT molecular complexity index is 1030. The number of hydrogen-bond acceptors (Lipinski definition) is 4. The number of carbonyl (C=O) groups is 3. The molecule has 0 heterocycles. The Hall–Kier alpha value is -3.61. The molecule has 0 spiro atoms. The molecule has 2 aliphatic carbocycles. The predicted molar refractivity (Wildman–Crippen MR) is 128 cm³/mol. The van der Waals surface area contributed by atoms with Gasteiger partial charge in [0, 0.05) is 5.92 Å². The molecule has 0 saturated heterocycles. The van der Waals surface area contributed by atoms with Gasteiger partial charge in [0.25, 0.3) is 0 Å². The highest BCUT2D eigenvalue weighted by Crippen LogP contribution is 2.44. The molecule has 7 heteroatoms. The van der Waals surface area contributed by atoms with Gasteiger partial charge in [-0.3, -0.25) is 4.79 Å². The summed E-state index contributed by atoms with van der Waals surface area (Å²) < 4.78 is 5.56. The number of amides is 2. The summed E-state index contributed by atoms with van der Waals surface area (Å²) >= 11 is 0. The van der Waals surface area contributed by atoms with Crippen LogP contribution in [0.4, 0.5) is 4.79 Å². The summed E-state index contributed by atoms with van der Waals surface area (Å²) in [5.74, 6) is -1.74. The minimum atomic E-state index is -1.05. The fourth-order valence-corrected chi connectivity index (χ4v) is 4.74. The van der Waals surface area contributed by atoms with Crippen molar-refractivity contribution in [3.8, 4) is 11.1 Å². The summed E-state index contributed by atoms with van der Waals surface area (Å²) in [6.07, 6.45) is 4.24. The van der Waals surface area contributed by atoms with Crippen LogP contribution in [0.3, 0.4) is 0 Å². The minimum absolute atomic E-state index is 0.0732. The zero-order valence-corrected chi connectivity index (χ0v) is 19.0. The van der Waals surface area contributed by atoms with Crippen LogP contribution in [-0.4, -0.2) is 41.8 Å². The molecule has 2 aliphatic rings. The Morgan fingerprint density at radius 2 is 1.65 bits per heavy atom. The lowest BCUT2D eigenvalue weighted by atomic mass is 9.79. The van der Waals surface area contributed by atoms with E-state index in [0.29, 0.717) is 12.8 Å². The number of carboxylic acids is 1. The summed E-state index contributed by atoms with van der Waals surface area (Å²) in [6.45, 7) is 3.81. The molecule has 0 bridgehead atoms. The highest BCUT2D eigenvalue weighted by Gasteiger charge is 2.35. The number of fused-ring (bicyclic) bond motifs is 3. The van der Waals surface area contributed by atoms with Gasteiger partial charge in [0.15, 0.2) is 0 Å². The number of aliphatic carboxylic acids is 1. The first kappa shape index (κ1) is 23.5. The van der Waals surface area contributed by atoms with Crippen LogP contribution in [0.1, 0.15) is 49.1 Å². The van der Waals surface area contributed by atoms with E-state index < -0.39 is 30.1 Å². The van der Waals surface area contributed by atoms with Crippen LogP contribution in [-0.2, 0) is 14.3 Å². The standard InChI is InChI=1S/C27H30N2O5/c1-2-3-15-23(25(30)29-24(26(31)32)17-9-8-10-17)28-27(33)34-16-22-20-13-6-4-11-18(20)19-12-5-7-14-21(19)22/h2,4-7,11-14,17,22-24H,1,3,8-10,15-16H2,(H,28,33)(H,29,30)(H,31,32). The SMILES string of the molecule is C=CCCC(NC(=O)OCC1c2ccccc2-c2ccccc21)C(=O)NC(C(=O)O)C1CCC1. The van der Waals surface area contributed by atoms with Gasteiger partial charge in [0.05, 0.1) is 0 Å². The third kappa shape index (κ3) is 4.98. The van der Waals surface area contributed by atoms with Gasteiger partial charge in [-0.25, -0.2) is 9.59 Å². The van der Waals surface area contributed by atoms with Crippen molar-refractivity contribution in [2.45, 2.75) is 50.1 Å². The molecular weight excluding hydrogens is 432 g/mol. The van der Waals surface area contributed by atoms with Crippen molar-refractivity contribution < 1.29 is 24.2 Å². The first-order valence-corrected chi connectivity index (χ1v) is 11.7. The van der Waals surface area contributed by atoms with Gasteiger partial charge in [-0.1, -0.05) is 61.0 Å². The topological polar surface area (TPSA) is 105 Å². The lowest BCUT2D eigenvalue weighted by molar-refractivity contribution is -0.144. The average Bonchev–Trinajstić information content (AvgIpc) is 3.12. The fourth-order valence-electron chi connectivity index (χ4n) is 4.74. The van der Waals surface area contributed by atoms with Gasteiger partial charge in [0.1, 0.15) is 18.7 Å². The molecule has 1 saturated carbocycles. The first-order chi connectivity index (χ1) is 16.5. The van der Waals surface area contributed by atoms with Gasteiger partial charge in [-0.05, 0) is 53.9 Å². The van der Waals surface area contributed by atoms with Crippen molar-refractivity contribution in [3.63, 3.8) is 0 Å². The van der Waals surface area contributed by atoms with E-state index >= 15 is 0 Å². The molecular formula is C27H30N2O5. The Labute approximate surface area is 199 Å². The zero-order chi connectivity index (χ0) is 24.1. The lowest BCUT2D eigenvalue weighted by Gasteiger charge is -2.32. The van der Waals surface area contributed by atoms with Crippen molar-refractivity contribution in [1.82, 2.24) is 10.6 Å². The predicted octanol–water partition coefficient (Wildman–Crippen LogP) is 4.23. The number of ether oxygens (including phenoxy) is 1. The smallest absolute Gasteiger partial charge is 0.407 e. The number of nitrogens with one attached hydrogen (secondary N) is 2. The van der Waals surface area contributed by atoms with Crippen molar-refractivity contribution in [2.24, 2.45) is 5.92 Å². The molecule has 1 fully saturated rings. The van der Waals surface area contributed by atoms with Crippen LogP contribution in [0.25, 0.3) is 11.1 Å². The molecule has 2 unspecified atom stereocenters. The van der Waals surface area contributed by atoms with Gasteiger partial charge in [-0.2, -0.15) is 0 Å². The summed E-state index contributed by atoms with van der Waals surface area (Å²) in [4.78, 5) is 37.2. The molecule has 2 aromatic carbocycles. The number of benzene rings is 2. The lowest BCUT2D eigenvalue weighted by Crippen LogP contribution is -2.54. The third-order valence-electron chi connectivity index (χ3n) is 6.80. The van der Waals surface area contributed by atoms with E-state index in [1.54, 1.807) is 6.08 Å². The number of alkyl carbamates (subject to hydrolysis) is 1. The van der Waals surface area contributed by atoms with Crippen LogP contribution < -0.4 is 10.6 Å². The number of hydrogen-bond donors (Lipinski definition) is 3. The molecule has 2 amide bonds. The number of carbonyl (C=O) groups excluding carboxylic acids is 2. The monoisotopic (exact) mass is 462 g/mol. The zero-order valence-electron chi connectivity index (χ0n) is 19.0.